The summed E-state index contributed by atoms with van der Waals surface area (Å²) in [4.78, 5) is 35.7. The minimum atomic E-state index is -0.515. The Kier molecular flexibility index (Phi) is 5.42. The highest BCUT2D eigenvalue weighted by atomic mass is 16.6. The lowest BCUT2D eigenvalue weighted by Crippen LogP contribution is -2.44. The third kappa shape index (κ3) is 4.62. The molecule has 2 rings (SSSR count). The van der Waals surface area contributed by atoms with Crippen LogP contribution in [0.25, 0.3) is 6.08 Å². The predicted octanol–water partition coefficient (Wildman–Crippen LogP) is 0.931. The van der Waals surface area contributed by atoms with E-state index in [1.807, 2.05) is 0 Å². The Morgan fingerprint density at radius 2 is 2.04 bits per heavy atom. The Bertz CT molecular complexity index is 650. The summed E-state index contributed by atoms with van der Waals surface area (Å²) >= 11 is 0. The van der Waals surface area contributed by atoms with Crippen LogP contribution < -0.4 is 5.32 Å². The van der Waals surface area contributed by atoms with Gasteiger partial charge >= 0.3 is 0 Å². The average Bonchev–Trinajstić information content (AvgIpc) is 2.54. The fourth-order valence-corrected chi connectivity index (χ4v) is 2.17. The normalized spacial score (nSPS) is 15.2. The number of carbonyl (C=O) groups excluding carboxylic acids is 2. The van der Waals surface area contributed by atoms with E-state index in [1.54, 1.807) is 11.0 Å². The van der Waals surface area contributed by atoms with E-state index in [9.17, 15) is 19.7 Å². The third-order valence-corrected chi connectivity index (χ3v) is 3.23. The number of nitro benzene ring substituents is 1. The lowest BCUT2D eigenvalue weighted by Gasteiger charge is -2.27. The van der Waals surface area contributed by atoms with Gasteiger partial charge in [0, 0.05) is 32.1 Å². The third-order valence-electron chi connectivity index (χ3n) is 3.23. The second-order valence-electron chi connectivity index (χ2n) is 5.00. The van der Waals surface area contributed by atoms with Gasteiger partial charge in [-0.1, -0.05) is 12.1 Å². The fourth-order valence-electron chi connectivity index (χ4n) is 2.17. The van der Waals surface area contributed by atoms with Gasteiger partial charge in [-0.3, -0.25) is 19.7 Å². The topological polar surface area (TPSA) is 102 Å². The van der Waals surface area contributed by atoms with E-state index in [2.05, 4.69) is 5.32 Å². The van der Waals surface area contributed by atoms with Crippen molar-refractivity contribution in [1.82, 2.24) is 10.2 Å². The minimum absolute atomic E-state index is 0.0832. The second-order valence-corrected chi connectivity index (χ2v) is 5.00. The van der Waals surface area contributed by atoms with Crippen molar-refractivity contribution < 1.29 is 19.2 Å². The molecular weight excluding hydrogens is 302 g/mol. The molecule has 0 bridgehead atoms. The molecule has 1 N–H and O–H groups in total. The first-order chi connectivity index (χ1) is 11.0. The molecule has 0 spiro atoms. The zero-order valence-electron chi connectivity index (χ0n) is 12.7. The molecule has 0 unspecified atom stereocenters. The molecule has 1 aromatic carbocycles. The van der Waals surface area contributed by atoms with Crippen molar-refractivity contribution in [1.29, 1.82) is 0 Å². The van der Waals surface area contributed by atoms with Gasteiger partial charge in [0.15, 0.2) is 0 Å². The maximum atomic E-state index is 12.5. The summed E-state index contributed by atoms with van der Waals surface area (Å²) in [5, 5.41) is 13.3. The number of hydrogen-bond donors (Lipinski definition) is 1. The molecule has 1 aromatic rings. The average molecular weight is 319 g/mol. The fraction of sp³-hybridized carbons (Fsp3) is 0.333. The SMILES string of the molecule is CC(=O)N/C(=C\c1cccc([N+](=O)[O-])c1)C(=O)N1CCOCC1. The van der Waals surface area contributed by atoms with Crippen LogP contribution in [-0.2, 0) is 14.3 Å². The summed E-state index contributed by atoms with van der Waals surface area (Å²) < 4.78 is 5.20. The Morgan fingerprint density at radius 1 is 1.35 bits per heavy atom. The lowest BCUT2D eigenvalue weighted by atomic mass is 10.1. The van der Waals surface area contributed by atoms with Gasteiger partial charge < -0.3 is 15.0 Å². The summed E-state index contributed by atoms with van der Waals surface area (Å²) in [7, 11) is 0. The number of rotatable bonds is 4. The van der Waals surface area contributed by atoms with Gasteiger partial charge in [-0.05, 0) is 11.6 Å². The molecule has 1 aliphatic heterocycles. The van der Waals surface area contributed by atoms with E-state index in [0.717, 1.165) is 0 Å². The maximum Gasteiger partial charge on any atom is 0.270 e. The van der Waals surface area contributed by atoms with Crippen molar-refractivity contribution in [3.8, 4) is 0 Å². The Labute approximate surface area is 132 Å². The first-order valence-electron chi connectivity index (χ1n) is 7.08. The summed E-state index contributed by atoms with van der Waals surface area (Å²) in [5.41, 5.74) is 0.462. The molecule has 1 fully saturated rings. The minimum Gasteiger partial charge on any atom is -0.378 e. The van der Waals surface area contributed by atoms with Crippen LogP contribution in [0.1, 0.15) is 12.5 Å². The molecule has 2 amide bonds. The molecule has 0 aromatic heterocycles. The van der Waals surface area contributed by atoms with Crippen LogP contribution in [0.5, 0.6) is 0 Å². The Balaban J connectivity index is 2.29. The Hall–Kier alpha value is -2.74. The number of morpholine rings is 1. The monoisotopic (exact) mass is 319 g/mol. The molecule has 0 radical (unpaired) electrons. The smallest absolute Gasteiger partial charge is 0.270 e. The summed E-state index contributed by atoms with van der Waals surface area (Å²) in [5.74, 6) is -0.724. The van der Waals surface area contributed by atoms with E-state index in [0.29, 0.717) is 31.9 Å². The van der Waals surface area contributed by atoms with Crippen LogP contribution in [0.4, 0.5) is 5.69 Å². The van der Waals surface area contributed by atoms with E-state index in [4.69, 9.17) is 4.74 Å². The van der Waals surface area contributed by atoms with Gasteiger partial charge in [0.25, 0.3) is 11.6 Å². The molecule has 23 heavy (non-hydrogen) atoms. The summed E-state index contributed by atoms with van der Waals surface area (Å²) in [6.45, 7) is 3.05. The highest BCUT2D eigenvalue weighted by Gasteiger charge is 2.21. The number of nitrogens with one attached hydrogen (secondary N) is 1. The van der Waals surface area contributed by atoms with Crippen molar-refractivity contribution >= 4 is 23.6 Å². The van der Waals surface area contributed by atoms with Gasteiger partial charge in [0.05, 0.1) is 18.1 Å². The van der Waals surface area contributed by atoms with Crippen molar-refractivity contribution in [2.45, 2.75) is 6.92 Å². The number of benzene rings is 1. The van der Waals surface area contributed by atoms with Crippen LogP contribution in [0, 0.1) is 10.1 Å². The predicted molar refractivity (Wildman–Crippen MR) is 82.3 cm³/mol. The zero-order valence-corrected chi connectivity index (χ0v) is 12.7. The number of ether oxygens (including phenoxy) is 1. The van der Waals surface area contributed by atoms with Crippen molar-refractivity contribution in [3.05, 3.63) is 45.6 Å². The molecule has 122 valence electrons. The molecule has 0 saturated carbocycles. The molecule has 0 atom stereocenters. The van der Waals surface area contributed by atoms with Crippen LogP contribution in [0.3, 0.4) is 0 Å². The summed E-state index contributed by atoms with van der Waals surface area (Å²) in [6.07, 6.45) is 1.44. The van der Waals surface area contributed by atoms with Crippen molar-refractivity contribution in [2.24, 2.45) is 0 Å². The number of non-ortho nitro benzene ring substituents is 1. The largest absolute Gasteiger partial charge is 0.378 e. The molecule has 1 saturated heterocycles. The molecule has 1 aliphatic rings. The van der Waals surface area contributed by atoms with Gasteiger partial charge in [0.2, 0.25) is 5.91 Å². The van der Waals surface area contributed by atoms with E-state index in [1.165, 1.54) is 31.2 Å². The van der Waals surface area contributed by atoms with Gasteiger partial charge in [-0.2, -0.15) is 0 Å². The van der Waals surface area contributed by atoms with Crippen molar-refractivity contribution in [3.63, 3.8) is 0 Å². The number of carbonyl (C=O) groups is 2. The van der Waals surface area contributed by atoms with Crippen LogP contribution >= 0.6 is 0 Å². The molecular formula is C15H17N3O5. The van der Waals surface area contributed by atoms with Gasteiger partial charge in [-0.15, -0.1) is 0 Å². The zero-order chi connectivity index (χ0) is 16.8. The molecule has 8 nitrogen and oxygen atoms in total. The van der Waals surface area contributed by atoms with Crippen molar-refractivity contribution in [2.75, 3.05) is 26.3 Å². The first-order valence-corrected chi connectivity index (χ1v) is 7.08. The van der Waals surface area contributed by atoms with Gasteiger partial charge in [-0.25, -0.2) is 0 Å². The quantitative estimate of drug-likeness (QED) is 0.505. The lowest BCUT2D eigenvalue weighted by molar-refractivity contribution is -0.384. The molecule has 8 heteroatoms. The van der Waals surface area contributed by atoms with E-state index in [-0.39, 0.29) is 23.2 Å². The Morgan fingerprint density at radius 3 is 2.65 bits per heavy atom. The highest BCUT2D eigenvalue weighted by Crippen LogP contribution is 2.16. The van der Waals surface area contributed by atoms with Crippen LogP contribution in [0.2, 0.25) is 0 Å². The number of nitrogens with zero attached hydrogens (tertiary/aromatic N) is 2. The molecule has 1 heterocycles. The van der Waals surface area contributed by atoms with Gasteiger partial charge in [0.1, 0.15) is 5.70 Å². The highest BCUT2D eigenvalue weighted by molar-refractivity contribution is 6.01. The number of nitro groups is 1. The maximum absolute atomic E-state index is 12.5. The van der Waals surface area contributed by atoms with Crippen LogP contribution in [0.15, 0.2) is 30.0 Å². The van der Waals surface area contributed by atoms with Crippen LogP contribution in [-0.4, -0.2) is 47.9 Å². The van der Waals surface area contributed by atoms with E-state index < -0.39 is 4.92 Å². The summed E-state index contributed by atoms with van der Waals surface area (Å²) in [6, 6.07) is 5.85. The first kappa shape index (κ1) is 16.6. The second kappa shape index (κ2) is 7.50. The number of hydrogen-bond acceptors (Lipinski definition) is 5. The number of amides is 2. The molecule has 0 aliphatic carbocycles. The standard InChI is InChI=1S/C15H17N3O5/c1-11(19)16-14(15(20)17-5-7-23-8-6-17)10-12-3-2-4-13(9-12)18(21)22/h2-4,9-10H,5-8H2,1H3,(H,16,19)/b14-10-. The van der Waals surface area contributed by atoms with E-state index >= 15 is 0 Å².